The lowest BCUT2D eigenvalue weighted by molar-refractivity contribution is 0.0522. The average molecular weight is 418 g/mol. The van der Waals surface area contributed by atoms with Crippen molar-refractivity contribution in [3.63, 3.8) is 0 Å². The minimum atomic E-state index is -0.620. The molecule has 164 valence electrons. The Balaban J connectivity index is 1.97. The molecule has 1 saturated carbocycles. The van der Waals surface area contributed by atoms with Gasteiger partial charge in [0.1, 0.15) is 22.3 Å². The summed E-state index contributed by atoms with van der Waals surface area (Å²) in [5.74, 6) is -0.676. The summed E-state index contributed by atoms with van der Waals surface area (Å²) in [4.78, 5) is 24.6. The van der Waals surface area contributed by atoms with E-state index in [2.05, 4.69) is 15.7 Å². The average Bonchev–Trinajstić information content (AvgIpc) is 3.30. The molecule has 0 aromatic carbocycles. The SMILES string of the molecule is CC(C)Cn1c(=N)c(C(=O)NC2CC2)c(O)n2nc(CNC(=O)OC(C)(C)C)cc12. The fourth-order valence-electron chi connectivity index (χ4n) is 3.04. The molecular formula is C20H30N6O4. The van der Waals surface area contributed by atoms with Crippen molar-refractivity contribution in [1.82, 2.24) is 24.8 Å². The molecule has 4 N–H and O–H groups in total. The molecule has 1 fully saturated rings. The van der Waals surface area contributed by atoms with Gasteiger partial charge in [0.2, 0.25) is 5.88 Å². The van der Waals surface area contributed by atoms with Gasteiger partial charge in [-0.1, -0.05) is 13.8 Å². The van der Waals surface area contributed by atoms with Gasteiger partial charge in [0.25, 0.3) is 5.91 Å². The Morgan fingerprint density at radius 3 is 2.60 bits per heavy atom. The predicted octanol–water partition coefficient (Wildman–Crippen LogP) is 1.89. The van der Waals surface area contributed by atoms with E-state index in [9.17, 15) is 14.7 Å². The van der Waals surface area contributed by atoms with Gasteiger partial charge in [0.05, 0.1) is 12.2 Å². The van der Waals surface area contributed by atoms with E-state index in [0.717, 1.165) is 12.8 Å². The highest BCUT2D eigenvalue weighted by Crippen LogP contribution is 2.22. The summed E-state index contributed by atoms with van der Waals surface area (Å²) >= 11 is 0. The van der Waals surface area contributed by atoms with Crippen molar-refractivity contribution in [2.45, 2.75) is 72.2 Å². The first kappa shape index (κ1) is 21.7. The maximum Gasteiger partial charge on any atom is 0.407 e. The second kappa shape index (κ2) is 8.00. The van der Waals surface area contributed by atoms with Crippen LogP contribution in [0.3, 0.4) is 0 Å². The molecule has 1 aliphatic rings. The van der Waals surface area contributed by atoms with Crippen LogP contribution in [0, 0.1) is 11.3 Å². The Bertz CT molecular complexity index is 1030. The van der Waals surface area contributed by atoms with Crippen molar-refractivity contribution in [3.05, 3.63) is 22.8 Å². The lowest BCUT2D eigenvalue weighted by Gasteiger charge is -2.19. The highest BCUT2D eigenvalue weighted by atomic mass is 16.6. The monoisotopic (exact) mass is 418 g/mol. The number of amides is 2. The van der Waals surface area contributed by atoms with Gasteiger partial charge in [-0.3, -0.25) is 10.2 Å². The number of hydrogen-bond acceptors (Lipinski definition) is 6. The van der Waals surface area contributed by atoms with Crippen molar-refractivity contribution in [3.8, 4) is 5.88 Å². The van der Waals surface area contributed by atoms with E-state index in [-0.39, 0.29) is 29.6 Å². The number of fused-ring (bicyclic) bond motifs is 1. The fraction of sp³-hybridized carbons (Fsp3) is 0.600. The number of ether oxygens (including phenoxy) is 1. The van der Waals surface area contributed by atoms with Crippen LogP contribution in [0.4, 0.5) is 4.79 Å². The molecule has 2 heterocycles. The molecule has 2 amide bonds. The van der Waals surface area contributed by atoms with E-state index < -0.39 is 23.5 Å². The van der Waals surface area contributed by atoms with Gasteiger partial charge >= 0.3 is 6.09 Å². The number of nitrogens with one attached hydrogen (secondary N) is 3. The maximum absolute atomic E-state index is 12.7. The standard InChI is InChI=1S/C20H30N6O4/c1-11(2)10-25-14-8-13(9-22-19(29)30-20(3,4)5)24-26(14)18(28)15(16(25)21)17(27)23-12-6-7-12/h8,11-12,21,28H,6-7,9-10H2,1-5H3,(H,22,29)(H,23,27). The molecule has 2 aromatic heterocycles. The molecule has 1 aliphatic carbocycles. The minimum absolute atomic E-state index is 0.0709. The molecular weight excluding hydrogens is 388 g/mol. The zero-order valence-electron chi connectivity index (χ0n) is 18.1. The zero-order chi connectivity index (χ0) is 22.2. The normalized spacial score (nSPS) is 14.2. The summed E-state index contributed by atoms with van der Waals surface area (Å²) in [5.41, 5.74) is 0.136. The molecule has 10 nitrogen and oxygen atoms in total. The first-order valence-electron chi connectivity index (χ1n) is 10.1. The summed E-state index contributed by atoms with van der Waals surface area (Å²) in [6.07, 6.45) is 1.22. The van der Waals surface area contributed by atoms with Crippen molar-refractivity contribution < 1.29 is 19.4 Å². The Morgan fingerprint density at radius 1 is 1.37 bits per heavy atom. The number of alkyl carbamates (subject to hydrolysis) is 1. The summed E-state index contributed by atoms with van der Waals surface area (Å²) in [6, 6.07) is 1.77. The quantitative estimate of drug-likeness (QED) is 0.568. The third-order valence-electron chi connectivity index (χ3n) is 4.45. The Hall–Kier alpha value is -3.04. The lowest BCUT2D eigenvalue weighted by Crippen LogP contribution is -2.36. The van der Waals surface area contributed by atoms with Crippen LogP contribution in [0.15, 0.2) is 6.07 Å². The van der Waals surface area contributed by atoms with E-state index in [1.807, 2.05) is 13.8 Å². The van der Waals surface area contributed by atoms with E-state index >= 15 is 0 Å². The van der Waals surface area contributed by atoms with Gasteiger partial charge in [-0.15, -0.1) is 0 Å². The van der Waals surface area contributed by atoms with E-state index in [1.165, 1.54) is 4.52 Å². The van der Waals surface area contributed by atoms with Crippen molar-refractivity contribution in [2.24, 2.45) is 5.92 Å². The molecule has 3 rings (SSSR count). The molecule has 2 aromatic rings. The largest absolute Gasteiger partial charge is 0.493 e. The number of carbonyl (C=O) groups is 2. The number of aromatic hydroxyl groups is 1. The van der Waals surface area contributed by atoms with Gasteiger partial charge in [0, 0.05) is 18.7 Å². The molecule has 30 heavy (non-hydrogen) atoms. The molecule has 0 spiro atoms. The second-order valence-electron chi connectivity index (χ2n) is 9.06. The zero-order valence-corrected chi connectivity index (χ0v) is 18.1. The fourth-order valence-corrected chi connectivity index (χ4v) is 3.04. The minimum Gasteiger partial charge on any atom is -0.493 e. The van der Waals surface area contributed by atoms with Crippen LogP contribution in [0.5, 0.6) is 5.88 Å². The Morgan fingerprint density at radius 2 is 2.03 bits per heavy atom. The molecule has 0 saturated heterocycles. The van der Waals surface area contributed by atoms with Crippen molar-refractivity contribution in [2.75, 3.05) is 0 Å². The van der Waals surface area contributed by atoms with Crippen LogP contribution in [0.25, 0.3) is 5.65 Å². The predicted molar refractivity (Wildman–Crippen MR) is 109 cm³/mol. The number of carbonyl (C=O) groups excluding carboxylic acids is 2. The summed E-state index contributed by atoms with van der Waals surface area (Å²) < 4.78 is 8.12. The Kier molecular flexibility index (Phi) is 5.78. The number of rotatable bonds is 6. The maximum atomic E-state index is 12.7. The van der Waals surface area contributed by atoms with Crippen molar-refractivity contribution >= 4 is 17.6 Å². The second-order valence-corrected chi connectivity index (χ2v) is 9.06. The highest BCUT2D eigenvalue weighted by molar-refractivity contribution is 5.96. The van der Waals surface area contributed by atoms with Crippen LogP contribution in [0.1, 0.15) is 63.5 Å². The summed E-state index contributed by atoms with van der Waals surface area (Å²) in [6.45, 7) is 9.87. The van der Waals surface area contributed by atoms with Crippen molar-refractivity contribution in [1.29, 1.82) is 5.41 Å². The summed E-state index contributed by atoms with van der Waals surface area (Å²) in [5, 5.41) is 29.1. The molecule has 0 aliphatic heterocycles. The van der Waals surface area contributed by atoms with Gasteiger partial charge in [-0.2, -0.15) is 9.61 Å². The number of hydrogen-bond donors (Lipinski definition) is 4. The first-order valence-corrected chi connectivity index (χ1v) is 10.1. The lowest BCUT2D eigenvalue weighted by atomic mass is 10.2. The highest BCUT2D eigenvalue weighted by Gasteiger charge is 2.28. The molecule has 0 radical (unpaired) electrons. The topological polar surface area (TPSA) is 134 Å². The molecule has 0 bridgehead atoms. The van der Waals surface area contributed by atoms with Gasteiger partial charge in [0.15, 0.2) is 0 Å². The van der Waals surface area contributed by atoms with Crippen LogP contribution < -0.4 is 16.1 Å². The van der Waals surface area contributed by atoms with Crippen LogP contribution in [-0.2, 0) is 17.8 Å². The Labute approximate surface area is 174 Å². The third kappa shape index (κ3) is 4.92. The van der Waals surface area contributed by atoms with Gasteiger partial charge < -0.3 is 25.0 Å². The van der Waals surface area contributed by atoms with Crippen LogP contribution in [-0.4, -0.2) is 42.9 Å². The number of aromatic nitrogens is 3. The van der Waals surface area contributed by atoms with E-state index in [1.54, 1.807) is 31.4 Å². The van der Waals surface area contributed by atoms with Gasteiger partial charge in [-0.25, -0.2) is 4.79 Å². The first-order chi connectivity index (χ1) is 14.0. The van der Waals surface area contributed by atoms with Gasteiger partial charge in [-0.05, 0) is 39.5 Å². The molecule has 10 heteroatoms. The van der Waals surface area contributed by atoms with E-state index in [0.29, 0.717) is 17.9 Å². The number of nitrogens with zero attached hydrogens (tertiary/aromatic N) is 3. The van der Waals surface area contributed by atoms with E-state index in [4.69, 9.17) is 10.1 Å². The third-order valence-corrected chi connectivity index (χ3v) is 4.45. The summed E-state index contributed by atoms with van der Waals surface area (Å²) in [7, 11) is 0. The van der Waals surface area contributed by atoms with Crippen LogP contribution >= 0.6 is 0 Å². The molecule has 0 unspecified atom stereocenters. The molecule has 0 atom stereocenters. The smallest absolute Gasteiger partial charge is 0.407 e. The van der Waals surface area contributed by atoms with Crippen LogP contribution in [0.2, 0.25) is 0 Å².